The average molecular weight is 288 g/mol. The van der Waals surface area contributed by atoms with Gasteiger partial charge in [0.2, 0.25) is 0 Å². The lowest BCUT2D eigenvalue weighted by molar-refractivity contribution is 1.11. The number of nitrogen functional groups attached to an aromatic ring is 1. The predicted octanol–water partition coefficient (Wildman–Crippen LogP) is 4.30. The molecule has 1 aromatic heterocycles. The molecule has 0 saturated heterocycles. The summed E-state index contributed by atoms with van der Waals surface area (Å²) >= 11 is 18.1. The maximum absolute atomic E-state index is 6.33. The minimum atomic E-state index is -0.368. The second-order valence-electron chi connectivity index (χ2n) is 3.56. The minimum Gasteiger partial charge on any atom is -0.399 e. The summed E-state index contributed by atoms with van der Waals surface area (Å²) < 4.78 is 0. The largest absolute Gasteiger partial charge is 0.399 e. The van der Waals surface area contributed by atoms with Crippen LogP contribution < -0.4 is 5.73 Å². The third-order valence-corrected chi connectivity index (χ3v) is 3.38. The van der Waals surface area contributed by atoms with Crippen molar-refractivity contribution in [3.8, 4) is 0 Å². The van der Waals surface area contributed by atoms with Crippen LogP contribution in [0.2, 0.25) is 10.2 Å². The number of hydrogen-bond donors (Lipinski definition) is 1. The summed E-state index contributed by atoms with van der Waals surface area (Å²) in [6.45, 7) is 0. The fraction of sp³-hybridized carbons (Fsp3) is 0.0833. The third-order valence-electron chi connectivity index (χ3n) is 2.34. The summed E-state index contributed by atoms with van der Waals surface area (Å²) in [4.78, 5) is 3.99. The van der Waals surface area contributed by atoms with Gasteiger partial charge in [0.15, 0.2) is 0 Å². The fourth-order valence-corrected chi connectivity index (χ4v) is 2.25. The molecule has 0 aliphatic carbocycles. The van der Waals surface area contributed by atoms with E-state index < -0.39 is 0 Å². The van der Waals surface area contributed by atoms with Gasteiger partial charge in [0, 0.05) is 16.9 Å². The molecule has 2 nitrogen and oxygen atoms in total. The Bertz CT molecular complexity index is 526. The third kappa shape index (κ3) is 2.83. The number of nitrogens with zero attached hydrogens (tertiary/aromatic N) is 1. The van der Waals surface area contributed by atoms with Crippen LogP contribution in [0, 0.1) is 0 Å². The highest BCUT2D eigenvalue weighted by Gasteiger charge is 2.14. The number of aromatic nitrogens is 1. The summed E-state index contributed by atoms with van der Waals surface area (Å²) in [7, 11) is 0. The molecule has 5 heteroatoms. The first-order chi connectivity index (χ1) is 8.08. The Morgan fingerprint density at radius 2 is 1.88 bits per heavy atom. The Morgan fingerprint density at radius 1 is 1.12 bits per heavy atom. The predicted molar refractivity (Wildman–Crippen MR) is 72.8 cm³/mol. The maximum Gasteiger partial charge on any atom is 0.129 e. The van der Waals surface area contributed by atoms with E-state index in [2.05, 4.69) is 4.98 Å². The van der Waals surface area contributed by atoms with Crippen LogP contribution in [0.15, 0.2) is 36.5 Å². The van der Waals surface area contributed by atoms with Crippen molar-refractivity contribution in [3.05, 3.63) is 57.8 Å². The SMILES string of the molecule is Nc1ccc(C(Cl)c2ccc(Cl)nc2)c(Cl)c1. The molecule has 1 heterocycles. The van der Waals surface area contributed by atoms with Crippen molar-refractivity contribution in [2.45, 2.75) is 5.38 Å². The van der Waals surface area contributed by atoms with E-state index in [1.165, 1.54) is 0 Å². The summed E-state index contributed by atoms with van der Waals surface area (Å²) in [6, 6.07) is 8.76. The van der Waals surface area contributed by atoms with Crippen molar-refractivity contribution >= 4 is 40.5 Å². The summed E-state index contributed by atoms with van der Waals surface area (Å²) in [5, 5.41) is 0.605. The molecular formula is C12H9Cl3N2. The molecule has 0 radical (unpaired) electrons. The minimum absolute atomic E-state index is 0.368. The normalized spacial score (nSPS) is 12.4. The van der Waals surface area contributed by atoms with Crippen molar-refractivity contribution < 1.29 is 0 Å². The van der Waals surface area contributed by atoms with E-state index >= 15 is 0 Å². The van der Waals surface area contributed by atoms with Crippen molar-refractivity contribution in [2.24, 2.45) is 0 Å². The molecular weight excluding hydrogens is 279 g/mol. The molecule has 17 heavy (non-hydrogen) atoms. The van der Waals surface area contributed by atoms with Gasteiger partial charge in [-0.15, -0.1) is 11.6 Å². The molecule has 0 spiro atoms. The fourth-order valence-electron chi connectivity index (χ4n) is 1.47. The van der Waals surface area contributed by atoms with Gasteiger partial charge in [-0.2, -0.15) is 0 Å². The number of pyridine rings is 1. The Balaban J connectivity index is 2.36. The van der Waals surface area contributed by atoms with Crippen molar-refractivity contribution in [1.29, 1.82) is 0 Å². The number of halogens is 3. The van der Waals surface area contributed by atoms with E-state index in [9.17, 15) is 0 Å². The number of rotatable bonds is 2. The van der Waals surface area contributed by atoms with E-state index in [4.69, 9.17) is 40.5 Å². The Morgan fingerprint density at radius 3 is 2.47 bits per heavy atom. The molecule has 0 saturated carbocycles. The smallest absolute Gasteiger partial charge is 0.129 e. The van der Waals surface area contributed by atoms with E-state index in [0.717, 1.165) is 11.1 Å². The molecule has 0 fully saturated rings. The van der Waals surface area contributed by atoms with Gasteiger partial charge in [0.05, 0.1) is 5.38 Å². The zero-order chi connectivity index (χ0) is 12.4. The van der Waals surface area contributed by atoms with Gasteiger partial charge in [-0.05, 0) is 29.3 Å². The van der Waals surface area contributed by atoms with E-state index in [1.807, 2.05) is 12.1 Å². The van der Waals surface area contributed by atoms with E-state index in [0.29, 0.717) is 15.9 Å². The highest BCUT2D eigenvalue weighted by Crippen LogP contribution is 2.34. The molecule has 2 N–H and O–H groups in total. The summed E-state index contributed by atoms with van der Waals surface area (Å²) in [6.07, 6.45) is 1.63. The lowest BCUT2D eigenvalue weighted by atomic mass is 10.1. The molecule has 0 aliphatic heterocycles. The van der Waals surface area contributed by atoms with Gasteiger partial charge in [-0.3, -0.25) is 0 Å². The Kier molecular flexibility index (Phi) is 3.77. The van der Waals surface area contributed by atoms with Crippen molar-refractivity contribution in [1.82, 2.24) is 4.98 Å². The second kappa shape index (κ2) is 5.13. The Hall–Kier alpha value is -0.960. The van der Waals surface area contributed by atoms with E-state index in [1.54, 1.807) is 24.4 Å². The highest BCUT2D eigenvalue weighted by molar-refractivity contribution is 6.33. The zero-order valence-electron chi connectivity index (χ0n) is 8.70. The van der Waals surface area contributed by atoms with Gasteiger partial charge < -0.3 is 5.73 Å². The van der Waals surface area contributed by atoms with Gasteiger partial charge in [0.25, 0.3) is 0 Å². The van der Waals surface area contributed by atoms with Gasteiger partial charge in [0.1, 0.15) is 5.15 Å². The number of alkyl halides is 1. The van der Waals surface area contributed by atoms with Crippen LogP contribution in [0.1, 0.15) is 16.5 Å². The van der Waals surface area contributed by atoms with Crippen molar-refractivity contribution in [2.75, 3.05) is 5.73 Å². The molecule has 0 aliphatic rings. The molecule has 2 aromatic rings. The first-order valence-corrected chi connectivity index (χ1v) is 6.07. The molecule has 1 unspecified atom stereocenters. The molecule has 1 aromatic carbocycles. The van der Waals surface area contributed by atoms with Gasteiger partial charge in [-0.25, -0.2) is 4.98 Å². The topological polar surface area (TPSA) is 38.9 Å². The standard InChI is InChI=1S/C12H9Cl3N2/c13-10-5-8(16)2-3-9(10)12(15)7-1-4-11(14)17-6-7/h1-6,12H,16H2. The Labute approximate surface area is 114 Å². The summed E-state index contributed by atoms with van der Waals surface area (Å²) in [5.41, 5.74) is 7.87. The average Bonchev–Trinajstić information content (AvgIpc) is 2.29. The van der Waals surface area contributed by atoms with Crippen LogP contribution in [0.25, 0.3) is 0 Å². The number of hydrogen-bond acceptors (Lipinski definition) is 2. The van der Waals surface area contributed by atoms with Crippen LogP contribution in [-0.4, -0.2) is 4.98 Å². The van der Waals surface area contributed by atoms with Crippen LogP contribution in [0.3, 0.4) is 0 Å². The van der Waals surface area contributed by atoms with Gasteiger partial charge in [-0.1, -0.05) is 35.3 Å². The monoisotopic (exact) mass is 286 g/mol. The van der Waals surface area contributed by atoms with Gasteiger partial charge >= 0.3 is 0 Å². The molecule has 1 atom stereocenters. The zero-order valence-corrected chi connectivity index (χ0v) is 11.0. The van der Waals surface area contributed by atoms with Crippen LogP contribution in [0.5, 0.6) is 0 Å². The number of benzene rings is 1. The highest BCUT2D eigenvalue weighted by atomic mass is 35.5. The van der Waals surface area contributed by atoms with Crippen molar-refractivity contribution in [3.63, 3.8) is 0 Å². The first kappa shape index (κ1) is 12.5. The van der Waals surface area contributed by atoms with E-state index in [-0.39, 0.29) is 5.38 Å². The lowest BCUT2D eigenvalue weighted by Crippen LogP contribution is -1.96. The van der Waals surface area contributed by atoms with Crippen LogP contribution >= 0.6 is 34.8 Å². The molecule has 88 valence electrons. The number of nitrogens with two attached hydrogens (primary N) is 1. The lowest BCUT2D eigenvalue weighted by Gasteiger charge is -2.12. The first-order valence-electron chi connectivity index (χ1n) is 4.88. The maximum atomic E-state index is 6.33. The summed E-state index contributed by atoms with van der Waals surface area (Å²) in [5.74, 6) is 0. The molecule has 0 amide bonds. The molecule has 2 rings (SSSR count). The van der Waals surface area contributed by atoms with Crippen LogP contribution in [0.4, 0.5) is 5.69 Å². The quantitative estimate of drug-likeness (QED) is 0.508. The number of anilines is 1. The van der Waals surface area contributed by atoms with Crippen LogP contribution in [-0.2, 0) is 0 Å². The molecule has 0 bridgehead atoms. The second-order valence-corrected chi connectivity index (χ2v) is 4.79.